The predicted octanol–water partition coefficient (Wildman–Crippen LogP) is 3.28. The second-order valence-corrected chi connectivity index (χ2v) is 8.97. The highest BCUT2D eigenvalue weighted by Crippen LogP contribution is 2.41. The number of imidazole rings is 1. The van der Waals surface area contributed by atoms with Gasteiger partial charge in [0.2, 0.25) is 0 Å². The number of hydrogen-bond donors (Lipinski definition) is 1. The zero-order chi connectivity index (χ0) is 24.3. The Balaban J connectivity index is 1.56. The maximum Gasteiger partial charge on any atom is 0.261 e. The smallest absolute Gasteiger partial charge is 0.261 e. The monoisotopic (exact) mass is 491 g/mol. The Labute approximate surface area is 204 Å². The molecule has 0 aliphatic carbocycles. The molecule has 176 valence electrons. The van der Waals surface area contributed by atoms with Crippen molar-refractivity contribution >= 4 is 46.0 Å². The molecule has 0 radical (unpaired) electrons. The number of nitrogens with zero attached hydrogens (tertiary/aromatic N) is 4. The zero-order valence-electron chi connectivity index (χ0n) is 18.6. The molecule has 1 N–H and O–H groups in total. The minimum atomic E-state index is -0.596. The molecule has 2 aromatic heterocycles. The van der Waals surface area contributed by atoms with E-state index >= 15 is 0 Å². The first-order valence-corrected chi connectivity index (χ1v) is 11.4. The quantitative estimate of drug-likeness (QED) is 0.553. The second-order valence-electron chi connectivity index (χ2n) is 8.53. The van der Waals surface area contributed by atoms with Crippen molar-refractivity contribution in [3.63, 3.8) is 0 Å². The van der Waals surface area contributed by atoms with Gasteiger partial charge >= 0.3 is 0 Å². The highest BCUT2D eigenvalue weighted by atomic mass is 35.5. The summed E-state index contributed by atoms with van der Waals surface area (Å²) in [6, 6.07) is 6.26. The van der Waals surface area contributed by atoms with Gasteiger partial charge in [-0.2, -0.15) is 0 Å². The van der Waals surface area contributed by atoms with E-state index in [1.165, 1.54) is 18.3 Å². The number of fused-ring (bicyclic) bond motifs is 1. The van der Waals surface area contributed by atoms with Crippen LogP contribution in [0.3, 0.4) is 0 Å². The normalized spacial score (nSPS) is 18.9. The molecule has 6 rings (SSSR count). The van der Waals surface area contributed by atoms with Crippen LogP contribution in [0.1, 0.15) is 23.2 Å². The molecule has 1 unspecified atom stereocenters. The minimum Gasteiger partial charge on any atom is -0.385 e. The van der Waals surface area contributed by atoms with Crippen molar-refractivity contribution in [1.29, 1.82) is 0 Å². The first-order chi connectivity index (χ1) is 17.0. The van der Waals surface area contributed by atoms with E-state index in [1.54, 1.807) is 36.0 Å². The van der Waals surface area contributed by atoms with Crippen LogP contribution >= 0.6 is 11.6 Å². The van der Waals surface area contributed by atoms with Crippen LogP contribution in [-0.2, 0) is 20.7 Å². The maximum atomic E-state index is 14.8. The van der Waals surface area contributed by atoms with Gasteiger partial charge in [0.05, 0.1) is 34.4 Å². The third-order valence-electron chi connectivity index (χ3n) is 6.50. The predicted molar refractivity (Wildman–Crippen MR) is 129 cm³/mol. The lowest BCUT2D eigenvalue weighted by Crippen LogP contribution is -2.29. The number of carbonyl (C=O) groups is 2. The third kappa shape index (κ3) is 3.38. The summed E-state index contributed by atoms with van der Waals surface area (Å²) in [4.78, 5) is 37.0. The number of halogens is 2. The number of nitrogens with one attached hydrogen (secondary N) is 1. The molecule has 5 heterocycles. The maximum absolute atomic E-state index is 14.8. The number of benzene rings is 1. The van der Waals surface area contributed by atoms with Gasteiger partial charge in [-0.05, 0) is 36.6 Å². The Kier molecular flexibility index (Phi) is 5.05. The van der Waals surface area contributed by atoms with Crippen LogP contribution in [0.25, 0.3) is 11.2 Å². The Morgan fingerprint density at radius 3 is 2.89 bits per heavy atom. The number of imide groups is 1. The SMILES string of the molecule is COCCC1Cc2cc(F)cc3c2N1C=CN=C3C1=C(c2cnc3cc(Cl)ccn23)C(=O)NC1=O. The lowest BCUT2D eigenvalue weighted by molar-refractivity contribution is -0.123. The van der Waals surface area contributed by atoms with E-state index in [1.807, 2.05) is 11.1 Å². The summed E-state index contributed by atoms with van der Waals surface area (Å²) in [5.41, 5.74) is 3.42. The van der Waals surface area contributed by atoms with Gasteiger partial charge in [-0.3, -0.25) is 24.3 Å². The number of aromatic nitrogens is 2. The molecule has 2 amide bonds. The molecule has 3 aromatic rings. The van der Waals surface area contributed by atoms with Crippen LogP contribution in [0.2, 0.25) is 5.02 Å². The fraction of sp³-hybridized carbons (Fsp3) is 0.200. The number of amides is 2. The van der Waals surface area contributed by atoms with E-state index in [0.29, 0.717) is 35.0 Å². The van der Waals surface area contributed by atoms with Gasteiger partial charge in [-0.25, -0.2) is 9.37 Å². The molecule has 8 nitrogen and oxygen atoms in total. The number of aliphatic imine (C=N–C) groups is 1. The average Bonchev–Trinajstić information content (AvgIpc) is 3.42. The number of anilines is 1. The standard InChI is InChI=1S/C25H19ClFN5O3/c1-35-7-3-16-9-13-8-15(27)11-17-22(28-4-6-31(16)23(13)17)21-20(24(33)30-25(21)34)18-12-29-19-10-14(26)2-5-32(18)19/h2,4-6,8,10-12,16H,3,7,9H2,1H3,(H,30,33,34). The Morgan fingerprint density at radius 2 is 2.06 bits per heavy atom. The van der Waals surface area contributed by atoms with Gasteiger partial charge in [-0.15, -0.1) is 0 Å². The van der Waals surface area contributed by atoms with Crippen molar-refractivity contribution in [1.82, 2.24) is 14.7 Å². The van der Waals surface area contributed by atoms with Crippen LogP contribution < -0.4 is 10.2 Å². The van der Waals surface area contributed by atoms with Crippen molar-refractivity contribution in [3.8, 4) is 0 Å². The van der Waals surface area contributed by atoms with E-state index in [4.69, 9.17) is 16.3 Å². The first-order valence-electron chi connectivity index (χ1n) is 11.0. The summed E-state index contributed by atoms with van der Waals surface area (Å²) in [5.74, 6) is -1.60. The first kappa shape index (κ1) is 21.7. The summed E-state index contributed by atoms with van der Waals surface area (Å²) in [6.07, 6.45) is 7.96. The topological polar surface area (TPSA) is 88.3 Å². The summed E-state index contributed by atoms with van der Waals surface area (Å²) in [7, 11) is 1.64. The lowest BCUT2D eigenvalue weighted by atomic mass is 9.94. The van der Waals surface area contributed by atoms with Gasteiger partial charge in [0, 0.05) is 55.0 Å². The summed E-state index contributed by atoms with van der Waals surface area (Å²) in [5, 5.41) is 2.87. The molecule has 3 aliphatic heterocycles. The third-order valence-corrected chi connectivity index (χ3v) is 6.74. The van der Waals surface area contributed by atoms with Crippen LogP contribution in [0.15, 0.2) is 59.6 Å². The van der Waals surface area contributed by atoms with E-state index in [-0.39, 0.29) is 22.9 Å². The molecule has 0 saturated heterocycles. The summed E-state index contributed by atoms with van der Waals surface area (Å²) >= 11 is 6.08. The lowest BCUT2D eigenvalue weighted by Gasteiger charge is -2.24. The zero-order valence-corrected chi connectivity index (χ0v) is 19.3. The minimum absolute atomic E-state index is 0.0623. The van der Waals surface area contributed by atoms with E-state index < -0.39 is 17.6 Å². The number of ether oxygens (including phenoxy) is 1. The van der Waals surface area contributed by atoms with Crippen LogP contribution in [0.4, 0.5) is 10.1 Å². The Morgan fingerprint density at radius 1 is 1.23 bits per heavy atom. The number of hydrogen-bond acceptors (Lipinski definition) is 6. The summed E-state index contributed by atoms with van der Waals surface area (Å²) in [6.45, 7) is 0.555. The van der Waals surface area contributed by atoms with Crippen LogP contribution in [0.5, 0.6) is 0 Å². The van der Waals surface area contributed by atoms with Gasteiger partial charge in [0.25, 0.3) is 11.8 Å². The fourth-order valence-electron chi connectivity index (χ4n) is 5.04. The van der Waals surface area contributed by atoms with Gasteiger partial charge in [0.1, 0.15) is 11.5 Å². The Bertz CT molecular complexity index is 1520. The van der Waals surface area contributed by atoms with E-state index in [9.17, 15) is 14.0 Å². The summed E-state index contributed by atoms with van der Waals surface area (Å²) < 4.78 is 21.7. The molecule has 0 saturated carbocycles. The van der Waals surface area contributed by atoms with Crippen molar-refractivity contribution in [2.75, 3.05) is 18.6 Å². The highest BCUT2D eigenvalue weighted by Gasteiger charge is 2.40. The molecule has 0 bridgehead atoms. The molecule has 35 heavy (non-hydrogen) atoms. The average molecular weight is 492 g/mol. The highest BCUT2D eigenvalue weighted by molar-refractivity contribution is 6.47. The molecule has 1 aromatic carbocycles. The van der Waals surface area contributed by atoms with Crippen molar-refractivity contribution in [2.24, 2.45) is 4.99 Å². The number of methoxy groups -OCH3 is 1. The fourth-order valence-corrected chi connectivity index (χ4v) is 5.19. The molecule has 1 atom stereocenters. The number of pyridine rings is 1. The second kappa shape index (κ2) is 8.14. The molecule has 10 heteroatoms. The van der Waals surface area contributed by atoms with Crippen molar-refractivity contribution in [3.05, 3.63) is 82.3 Å². The van der Waals surface area contributed by atoms with E-state index in [0.717, 1.165) is 17.7 Å². The van der Waals surface area contributed by atoms with Gasteiger partial charge in [-0.1, -0.05) is 11.6 Å². The van der Waals surface area contributed by atoms with Crippen LogP contribution in [0, 0.1) is 5.82 Å². The molecule has 0 spiro atoms. The molecular formula is C25H19ClFN5O3. The molecule has 3 aliphatic rings. The van der Waals surface area contributed by atoms with Crippen LogP contribution in [-0.4, -0.2) is 46.7 Å². The van der Waals surface area contributed by atoms with Crippen molar-refractivity contribution < 1.29 is 18.7 Å². The molecule has 0 fully saturated rings. The van der Waals surface area contributed by atoms with E-state index in [2.05, 4.69) is 15.3 Å². The largest absolute Gasteiger partial charge is 0.385 e. The number of rotatable bonds is 5. The Hall–Kier alpha value is -3.82. The van der Waals surface area contributed by atoms with Crippen molar-refractivity contribution in [2.45, 2.75) is 18.9 Å². The van der Waals surface area contributed by atoms with Gasteiger partial charge < -0.3 is 9.64 Å². The molecular weight excluding hydrogens is 473 g/mol. The van der Waals surface area contributed by atoms with Gasteiger partial charge in [0.15, 0.2) is 0 Å². The number of carbonyl (C=O) groups excluding carboxylic acids is 2.